The molecule has 0 bridgehead atoms. The molecule has 0 aromatic heterocycles. The Morgan fingerprint density at radius 2 is 1.62 bits per heavy atom. The van der Waals surface area contributed by atoms with Gasteiger partial charge in [-0.25, -0.2) is 4.79 Å². The van der Waals surface area contributed by atoms with Crippen LogP contribution in [-0.2, 0) is 14.3 Å². The standard InChI is InChI=1S/C22H26N2O4S/c1-15-9-11-16(12-10-15)23-20(26)14-29-18-8-6-5-7-17(18)21(27)28-13-19(25)24-22(2,3)4/h5-12H,13-14H2,1-4H3,(H,23,26)(H,24,25). The van der Waals surface area contributed by atoms with E-state index >= 15 is 0 Å². The quantitative estimate of drug-likeness (QED) is 0.532. The van der Waals surface area contributed by atoms with E-state index in [9.17, 15) is 14.4 Å². The van der Waals surface area contributed by atoms with E-state index < -0.39 is 11.5 Å². The molecule has 0 unspecified atom stereocenters. The maximum absolute atomic E-state index is 12.4. The fourth-order valence-corrected chi connectivity index (χ4v) is 3.24. The summed E-state index contributed by atoms with van der Waals surface area (Å²) >= 11 is 1.24. The molecule has 29 heavy (non-hydrogen) atoms. The number of benzene rings is 2. The number of ether oxygens (including phenoxy) is 1. The second-order valence-electron chi connectivity index (χ2n) is 7.57. The zero-order valence-corrected chi connectivity index (χ0v) is 17.9. The van der Waals surface area contributed by atoms with Gasteiger partial charge in [0.05, 0.1) is 11.3 Å². The van der Waals surface area contributed by atoms with Crippen LogP contribution in [0, 0.1) is 6.92 Å². The van der Waals surface area contributed by atoms with E-state index in [-0.39, 0.29) is 24.2 Å². The molecule has 154 valence electrons. The predicted molar refractivity (Wildman–Crippen MR) is 115 cm³/mol. The Morgan fingerprint density at radius 3 is 2.28 bits per heavy atom. The molecular formula is C22H26N2O4S. The van der Waals surface area contributed by atoms with Crippen LogP contribution in [0.4, 0.5) is 5.69 Å². The molecule has 0 spiro atoms. The van der Waals surface area contributed by atoms with Gasteiger partial charge in [0, 0.05) is 16.1 Å². The van der Waals surface area contributed by atoms with E-state index in [0.717, 1.165) is 11.3 Å². The van der Waals surface area contributed by atoms with Crippen molar-refractivity contribution in [1.82, 2.24) is 5.32 Å². The van der Waals surface area contributed by atoms with Gasteiger partial charge in [-0.15, -0.1) is 11.8 Å². The lowest BCUT2D eigenvalue weighted by Gasteiger charge is -2.20. The molecule has 0 saturated heterocycles. The Balaban J connectivity index is 1.92. The number of carbonyl (C=O) groups excluding carboxylic acids is 3. The fraction of sp³-hybridized carbons (Fsp3) is 0.318. The minimum absolute atomic E-state index is 0.142. The Labute approximate surface area is 175 Å². The predicted octanol–water partition coefficient (Wildman–Crippen LogP) is 3.80. The maximum atomic E-state index is 12.4. The summed E-state index contributed by atoms with van der Waals surface area (Å²) in [6.45, 7) is 7.16. The Morgan fingerprint density at radius 1 is 0.966 bits per heavy atom. The molecule has 0 heterocycles. The van der Waals surface area contributed by atoms with E-state index in [1.807, 2.05) is 52.0 Å². The zero-order chi connectivity index (χ0) is 21.4. The maximum Gasteiger partial charge on any atom is 0.339 e. The SMILES string of the molecule is Cc1ccc(NC(=O)CSc2ccccc2C(=O)OCC(=O)NC(C)(C)C)cc1. The lowest BCUT2D eigenvalue weighted by Crippen LogP contribution is -2.42. The molecule has 2 amide bonds. The molecule has 2 aromatic rings. The van der Waals surface area contributed by atoms with Gasteiger partial charge in [-0.05, 0) is 52.0 Å². The van der Waals surface area contributed by atoms with Gasteiger partial charge in [-0.1, -0.05) is 29.8 Å². The average Bonchev–Trinajstić information content (AvgIpc) is 2.65. The Kier molecular flexibility index (Phi) is 7.84. The Bertz CT molecular complexity index is 873. The van der Waals surface area contributed by atoms with Gasteiger partial charge in [-0.2, -0.15) is 0 Å². The first-order chi connectivity index (χ1) is 13.6. The highest BCUT2D eigenvalue weighted by Gasteiger charge is 2.18. The van der Waals surface area contributed by atoms with Gasteiger partial charge in [0.2, 0.25) is 5.91 Å². The topological polar surface area (TPSA) is 84.5 Å². The molecule has 2 N–H and O–H groups in total. The summed E-state index contributed by atoms with van der Waals surface area (Å²) in [5.74, 6) is -1.00. The van der Waals surface area contributed by atoms with Gasteiger partial charge in [-0.3, -0.25) is 9.59 Å². The largest absolute Gasteiger partial charge is 0.452 e. The van der Waals surface area contributed by atoms with Crippen LogP contribution >= 0.6 is 11.8 Å². The van der Waals surface area contributed by atoms with Crippen LogP contribution in [0.3, 0.4) is 0 Å². The summed E-state index contributed by atoms with van der Waals surface area (Å²) < 4.78 is 5.13. The van der Waals surface area contributed by atoms with Crippen LogP contribution in [0.2, 0.25) is 0 Å². The van der Waals surface area contributed by atoms with Crippen molar-refractivity contribution in [1.29, 1.82) is 0 Å². The average molecular weight is 415 g/mol. The summed E-state index contributed by atoms with van der Waals surface area (Å²) in [6.07, 6.45) is 0. The van der Waals surface area contributed by atoms with Crippen LogP contribution in [0.5, 0.6) is 0 Å². The summed E-state index contributed by atoms with van der Waals surface area (Å²) in [5.41, 5.74) is 1.76. The Hall–Kier alpha value is -2.80. The highest BCUT2D eigenvalue weighted by Crippen LogP contribution is 2.23. The molecular weight excluding hydrogens is 388 g/mol. The molecule has 2 rings (SSSR count). The number of aryl methyl sites for hydroxylation is 1. The van der Waals surface area contributed by atoms with Crippen LogP contribution in [-0.4, -0.2) is 35.7 Å². The summed E-state index contributed by atoms with van der Waals surface area (Å²) in [7, 11) is 0. The molecule has 0 aliphatic rings. The van der Waals surface area contributed by atoms with E-state index in [1.54, 1.807) is 24.3 Å². The van der Waals surface area contributed by atoms with Crippen LogP contribution < -0.4 is 10.6 Å². The van der Waals surface area contributed by atoms with Crippen LogP contribution in [0.15, 0.2) is 53.4 Å². The van der Waals surface area contributed by atoms with Crippen LogP contribution in [0.1, 0.15) is 36.7 Å². The molecule has 0 aliphatic heterocycles. The molecule has 0 radical (unpaired) electrons. The number of thioether (sulfide) groups is 1. The number of hydrogen-bond acceptors (Lipinski definition) is 5. The number of rotatable bonds is 7. The summed E-state index contributed by atoms with van der Waals surface area (Å²) in [6, 6.07) is 14.4. The molecule has 2 aromatic carbocycles. The normalized spacial score (nSPS) is 10.9. The van der Waals surface area contributed by atoms with Gasteiger partial charge < -0.3 is 15.4 Å². The number of esters is 1. The number of anilines is 1. The summed E-state index contributed by atoms with van der Waals surface area (Å²) in [5, 5.41) is 5.55. The molecule has 7 heteroatoms. The van der Waals surface area contributed by atoms with Crippen molar-refractivity contribution >= 4 is 35.2 Å². The van der Waals surface area contributed by atoms with E-state index in [2.05, 4.69) is 10.6 Å². The second-order valence-corrected chi connectivity index (χ2v) is 8.59. The smallest absolute Gasteiger partial charge is 0.339 e. The van der Waals surface area contributed by atoms with E-state index in [4.69, 9.17) is 4.74 Å². The third-order valence-electron chi connectivity index (χ3n) is 3.65. The second kappa shape index (κ2) is 10.1. The highest BCUT2D eigenvalue weighted by atomic mass is 32.2. The van der Waals surface area contributed by atoms with Crippen molar-refractivity contribution in [2.75, 3.05) is 17.7 Å². The minimum Gasteiger partial charge on any atom is -0.452 e. The lowest BCUT2D eigenvalue weighted by molar-refractivity contribution is -0.125. The van der Waals surface area contributed by atoms with Gasteiger partial charge >= 0.3 is 5.97 Å². The zero-order valence-electron chi connectivity index (χ0n) is 17.1. The lowest BCUT2D eigenvalue weighted by atomic mass is 10.1. The van der Waals surface area contributed by atoms with Crippen molar-refractivity contribution in [2.24, 2.45) is 0 Å². The third-order valence-corrected chi connectivity index (χ3v) is 4.72. The number of carbonyl (C=O) groups is 3. The van der Waals surface area contributed by atoms with Gasteiger partial charge in [0.15, 0.2) is 6.61 Å². The minimum atomic E-state index is -0.601. The molecule has 0 saturated carbocycles. The van der Waals surface area contributed by atoms with Crippen molar-refractivity contribution < 1.29 is 19.1 Å². The highest BCUT2D eigenvalue weighted by molar-refractivity contribution is 8.00. The number of nitrogens with one attached hydrogen (secondary N) is 2. The molecule has 0 atom stereocenters. The monoisotopic (exact) mass is 414 g/mol. The first-order valence-electron chi connectivity index (χ1n) is 9.20. The van der Waals surface area contributed by atoms with E-state index in [0.29, 0.717) is 10.5 Å². The molecule has 0 aliphatic carbocycles. The summed E-state index contributed by atoms with van der Waals surface area (Å²) in [4.78, 5) is 37.0. The van der Waals surface area contributed by atoms with Gasteiger partial charge in [0.25, 0.3) is 5.91 Å². The number of hydrogen-bond donors (Lipinski definition) is 2. The van der Waals surface area contributed by atoms with Crippen molar-refractivity contribution in [3.05, 3.63) is 59.7 Å². The van der Waals surface area contributed by atoms with Crippen LogP contribution in [0.25, 0.3) is 0 Å². The third kappa shape index (κ3) is 7.99. The van der Waals surface area contributed by atoms with Crippen molar-refractivity contribution in [3.8, 4) is 0 Å². The van der Waals surface area contributed by atoms with E-state index in [1.165, 1.54) is 11.8 Å². The number of amides is 2. The van der Waals surface area contributed by atoms with Gasteiger partial charge in [0.1, 0.15) is 0 Å². The first-order valence-corrected chi connectivity index (χ1v) is 10.2. The first kappa shape index (κ1) is 22.5. The molecule has 0 fully saturated rings. The fourth-order valence-electron chi connectivity index (χ4n) is 2.40. The van der Waals surface area contributed by atoms with Crippen molar-refractivity contribution in [3.63, 3.8) is 0 Å². The van der Waals surface area contributed by atoms with Crippen molar-refractivity contribution in [2.45, 2.75) is 38.1 Å². The molecule has 6 nitrogen and oxygen atoms in total.